The van der Waals surface area contributed by atoms with Gasteiger partial charge in [-0.05, 0) is 6.92 Å². The first-order valence-electron chi connectivity index (χ1n) is 3.43. The first kappa shape index (κ1) is 13.8. The Morgan fingerprint density at radius 1 is 0.929 bits per heavy atom. The first-order valence-corrected chi connectivity index (χ1v) is 3.43. The van der Waals surface area contributed by atoms with E-state index in [9.17, 15) is 17.6 Å². The van der Waals surface area contributed by atoms with Crippen molar-refractivity contribution < 1.29 is 48.9 Å². The van der Waals surface area contributed by atoms with Crippen LogP contribution >= 0.6 is 0 Å². The average molecular weight is 285 g/mol. The van der Waals surface area contributed by atoms with Crippen LogP contribution in [0.5, 0.6) is 0 Å². The summed E-state index contributed by atoms with van der Waals surface area (Å²) in [5, 5.41) is 8.43. The molecule has 0 heterocycles. The third-order valence-corrected chi connectivity index (χ3v) is 1.73. The third kappa shape index (κ3) is 2.06. The van der Waals surface area contributed by atoms with Crippen LogP contribution in [0.4, 0.5) is 17.6 Å². The van der Waals surface area contributed by atoms with Gasteiger partial charge in [-0.2, -0.15) is 0 Å². The zero-order chi connectivity index (χ0) is 10.2. The van der Waals surface area contributed by atoms with Crippen molar-refractivity contribution in [2.75, 3.05) is 0 Å². The van der Waals surface area contributed by atoms with E-state index in [1.54, 1.807) is 0 Å². The third-order valence-electron chi connectivity index (χ3n) is 1.73. The Balaban J connectivity index is 0.00000169. The van der Waals surface area contributed by atoms with Crippen LogP contribution in [-0.4, -0.2) is 5.11 Å². The van der Waals surface area contributed by atoms with E-state index < -0.39 is 41.0 Å². The number of aliphatic hydroxyl groups excluding tert-OH is 1. The maximum atomic E-state index is 12.8. The van der Waals surface area contributed by atoms with Gasteiger partial charge in [0.25, 0.3) is 0 Å². The molecule has 0 bridgehead atoms. The average Bonchev–Trinajstić information content (AvgIpc) is 2.13. The zero-order valence-electron chi connectivity index (χ0n) is 7.17. The van der Waals surface area contributed by atoms with Crippen LogP contribution in [0.1, 0.15) is 11.1 Å². The van der Waals surface area contributed by atoms with E-state index in [1.807, 2.05) is 0 Å². The molecule has 0 saturated heterocycles. The smallest absolute Gasteiger partial charge is 0.167 e. The standard InChI is InChI=1S/C8H6F4O.Zr/c1-3-5(9)7(11)4(2-13)8(12)6(3)10;/h13H,2H2,1H3;. The van der Waals surface area contributed by atoms with Crippen molar-refractivity contribution in [1.82, 2.24) is 0 Å². The van der Waals surface area contributed by atoms with Gasteiger partial charge in [0.15, 0.2) is 23.3 Å². The Kier molecular flexibility index (Phi) is 4.95. The van der Waals surface area contributed by atoms with Crippen LogP contribution in [-0.2, 0) is 32.8 Å². The first-order chi connectivity index (χ1) is 6.00. The molecule has 0 atom stereocenters. The number of hydrogen-bond donors (Lipinski definition) is 1. The van der Waals surface area contributed by atoms with Crippen molar-refractivity contribution in [1.29, 1.82) is 0 Å². The molecule has 0 radical (unpaired) electrons. The molecule has 0 fully saturated rings. The number of benzene rings is 1. The molecule has 1 aromatic rings. The number of hydrogen-bond acceptors (Lipinski definition) is 1. The summed E-state index contributed by atoms with van der Waals surface area (Å²) in [5.74, 6) is -6.02. The van der Waals surface area contributed by atoms with Gasteiger partial charge in [0.05, 0.1) is 12.2 Å². The molecule has 1 aromatic carbocycles. The van der Waals surface area contributed by atoms with E-state index in [4.69, 9.17) is 5.11 Å². The molecule has 6 heteroatoms. The predicted molar refractivity (Wildman–Crippen MR) is 36.9 cm³/mol. The Labute approximate surface area is 96.9 Å². The molecule has 0 spiro atoms. The van der Waals surface area contributed by atoms with Gasteiger partial charge in [-0.3, -0.25) is 0 Å². The second kappa shape index (κ2) is 5.03. The van der Waals surface area contributed by atoms with E-state index in [-0.39, 0.29) is 26.2 Å². The minimum Gasteiger partial charge on any atom is -0.391 e. The van der Waals surface area contributed by atoms with Gasteiger partial charge in [-0.1, -0.05) is 0 Å². The fourth-order valence-electron chi connectivity index (χ4n) is 0.926. The van der Waals surface area contributed by atoms with Gasteiger partial charge in [-0.25, -0.2) is 17.6 Å². The molecule has 14 heavy (non-hydrogen) atoms. The zero-order valence-corrected chi connectivity index (χ0v) is 9.62. The summed E-state index contributed by atoms with van der Waals surface area (Å²) in [4.78, 5) is 0. The van der Waals surface area contributed by atoms with Crippen LogP contribution < -0.4 is 0 Å². The van der Waals surface area contributed by atoms with Crippen LogP contribution in [0.2, 0.25) is 0 Å². The maximum Gasteiger partial charge on any atom is 0.167 e. The second-order valence-corrected chi connectivity index (χ2v) is 2.52. The summed E-state index contributed by atoms with van der Waals surface area (Å²) in [6.45, 7) is -0.163. The predicted octanol–water partition coefficient (Wildman–Crippen LogP) is 2.04. The van der Waals surface area contributed by atoms with Crippen LogP contribution in [0.25, 0.3) is 0 Å². The monoisotopic (exact) mass is 284 g/mol. The van der Waals surface area contributed by atoms with Crippen molar-refractivity contribution in [2.24, 2.45) is 0 Å². The molecule has 0 aliphatic heterocycles. The largest absolute Gasteiger partial charge is 0.391 e. The molecule has 1 nitrogen and oxygen atoms in total. The molecule has 0 aliphatic carbocycles. The van der Waals surface area contributed by atoms with Gasteiger partial charge >= 0.3 is 0 Å². The Morgan fingerprint density at radius 2 is 1.29 bits per heavy atom. The summed E-state index contributed by atoms with van der Waals surface area (Å²) in [6.07, 6.45) is 0. The minimum absolute atomic E-state index is 0. The Morgan fingerprint density at radius 3 is 1.57 bits per heavy atom. The Bertz CT molecular complexity index is 325. The number of rotatable bonds is 1. The quantitative estimate of drug-likeness (QED) is 0.618. The van der Waals surface area contributed by atoms with Crippen LogP contribution in [0, 0.1) is 30.2 Å². The molecule has 0 saturated carbocycles. The van der Waals surface area contributed by atoms with Crippen molar-refractivity contribution in [2.45, 2.75) is 13.5 Å². The topological polar surface area (TPSA) is 20.2 Å². The van der Waals surface area contributed by atoms with E-state index in [0.717, 1.165) is 6.92 Å². The molecule has 1 N–H and O–H groups in total. The van der Waals surface area contributed by atoms with Crippen molar-refractivity contribution in [3.8, 4) is 0 Å². The van der Waals surface area contributed by atoms with Gasteiger partial charge in [0.1, 0.15) is 0 Å². The summed E-state index contributed by atoms with van der Waals surface area (Å²) in [7, 11) is 0. The molecule has 0 aliphatic rings. The van der Waals surface area contributed by atoms with Gasteiger partial charge < -0.3 is 5.11 Å². The summed E-state index contributed by atoms with van der Waals surface area (Å²) in [5.41, 5.74) is -1.72. The normalized spacial score (nSPS) is 9.86. The van der Waals surface area contributed by atoms with Gasteiger partial charge in [0, 0.05) is 31.8 Å². The summed E-state index contributed by atoms with van der Waals surface area (Å²) >= 11 is 0. The van der Waals surface area contributed by atoms with Gasteiger partial charge in [0.2, 0.25) is 0 Å². The number of aliphatic hydroxyl groups is 1. The van der Waals surface area contributed by atoms with Gasteiger partial charge in [-0.15, -0.1) is 0 Å². The Hall–Kier alpha value is -0.217. The maximum absolute atomic E-state index is 12.8. The molecule has 1 rings (SSSR count). The van der Waals surface area contributed by atoms with E-state index >= 15 is 0 Å². The fraction of sp³-hybridized carbons (Fsp3) is 0.250. The molecule has 0 unspecified atom stereocenters. The van der Waals surface area contributed by atoms with Crippen molar-refractivity contribution >= 4 is 0 Å². The molecular formula is C8H6F4OZr. The van der Waals surface area contributed by atoms with Crippen molar-refractivity contribution in [3.63, 3.8) is 0 Å². The SMILES string of the molecule is Cc1c(F)c(F)c(CO)c(F)c1F.[Zr]. The van der Waals surface area contributed by atoms with E-state index in [2.05, 4.69) is 0 Å². The van der Waals surface area contributed by atoms with Crippen molar-refractivity contribution in [3.05, 3.63) is 34.4 Å². The molecule has 76 valence electrons. The van der Waals surface area contributed by atoms with E-state index in [1.165, 1.54) is 0 Å². The number of halogens is 4. The van der Waals surface area contributed by atoms with E-state index in [0.29, 0.717) is 0 Å². The minimum atomic E-state index is -1.54. The molecule has 0 amide bonds. The molecular weight excluding hydrogens is 279 g/mol. The van der Waals surface area contributed by atoms with Crippen LogP contribution in [0.15, 0.2) is 0 Å². The summed E-state index contributed by atoms with van der Waals surface area (Å²) in [6, 6.07) is 0. The van der Waals surface area contributed by atoms with Crippen LogP contribution in [0.3, 0.4) is 0 Å². The molecule has 0 aromatic heterocycles. The fourth-order valence-corrected chi connectivity index (χ4v) is 0.926. The second-order valence-electron chi connectivity index (χ2n) is 2.52. The summed E-state index contributed by atoms with van der Waals surface area (Å²) < 4.78 is 51.0.